The molecule has 12 heteroatoms. The monoisotopic (exact) mass is 556 g/mol. The van der Waals surface area contributed by atoms with Crippen LogP contribution >= 0.6 is 0 Å². The molecule has 0 aliphatic carbocycles. The standard InChI is InChI=1S/C27H52N6O6/c1-21(11-14-28)33(20-10-16-30-23(35)13-18-32-25(37)39-27(5,6)7)19-9-8-15-29-22(34)12-17-31-24(36)38-26(2,3)4/h1,8-20,28H2,2-7H3,(H,29,34)(H,30,35)(H,31,36)(H,32,37). The van der Waals surface area contributed by atoms with E-state index in [1.807, 2.05) is 0 Å². The molecule has 0 aliphatic heterocycles. The van der Waals surface area contributed by atoms with Crippen LogP contribution < -0.4 is 27.0 Å². The molecule has 0 radical (unpaired) electrons. The first kappa shape index (κ1) is 36.0. The highest BCUT2D eigenvalue weighted by Crippen LogP contribution is 2.09. The zero-order valence-electron chi connectivity index (χ0n) is 24.9. The van der Waals surface area contributed by atoms with Gasteiger partial charge in [0.05, 0.1) is 0 Å². The highest BCUT2D eigenvalue weighted by Gasteiger charge is 2.17. The molecule has 0 unspecified atom stereocenters. The van der Waals surface area contributed by atoms with Gasteiger partial charge < -0.3 is 41.4 Å². The Bertz CT molecular complexity index is 776. The number of rotatable bonds is 18. The first-order valence-electron chi connectivity index (χ1n) is 13.7. The third-order valence-electron chi connectivity index (χ3n) is 5.02. The maximum atomic E-state index is 12.0. The minimum atomic E-state index is -0.581. The van der Waals surface area contributed by atoms with E-state index in [9.17, 15) is 19.2 Å². The van der Waals surface area contributed by atoms with Crippen molar-refractivity contribution in [3.05, 3.63) is 12.3 Å². The summed E-state index contributed by atoms with van der Waals surface area (Å²) >= 11 is 0. The van der Waals surface area contributed by atoms with Gasteiger partial charge >= 0.3 is 12.2 Å². The molecule has 6 N–H and O–H groups in total. The summed E-state index contributed by atoms with van der Waals surface area (Å²) < 4.78 is 10.3. The lowest BCUT2D eigenvalue weighted by Crippen LogP contribution is -2.36. The zero-order chi connectivity index (χ0) is 29.9. The summed E-state index contributed by atoms with van der Waals surface area (Å²) in [4.78, 5) is 49.4. The fourth-order valence-electron chi connectivity index (χ4n) is 3.27. The predicted octanol–water partition coefficient (Wildman–Crippen LogP) is 2.38. The summed E-state index contributed by atoms with van der Waals surface area (Å²) in [6.45, 7) is 18.2. The maximum Gasteiger partial charge on any atom is 0.407 e. The quantitative estimate of drug-likeness (QED) is 0.161. The molecule has 0 saturated carbocycles. The Morgan fingerprint density at radius 3 is 1.54 bits per heavy atom. The van der Waals surface area contributed by atoms with Gasteiger partial charge in [0.15, 0.2) is 0 Å². The van der Waals surface area contributed by atoms with Gasteiger partial charge in [-0.15, -0.1) is 0 Å². The Kier molecular flexibility index (Phi) is 17.6. The van der Waals surface area contributed by atoms with Crippen molar-refractivity contribution in [3.63, 3.8) is 0 Å². The van der Waals surface area contributed by atoms with Crippen molar-refractivity contribution in [2.24, 2.45) is 5.73 Å². The number of alkyl carbamates (subject to hydrolysis) is 2. The van der Waals surface area contributed by atoms with E-state index in [0.29, 0.717) is 26.1 Å². The first-order chi connectivity index (χ1) is 18.1. The summed E-state index contributed by atoms with van der Waals surface area (Å²) in [5.74, 6) is -0.275. The molecule has 0 saturated heterocycles. The molecule has 226 valence electrons. The van der Waals surface area contributed by atoms with E-state index in [1.165, 1.54) is 0 Å². The smallest absolute Gasteiger partial charge is 0.407 e. The van der Waals surface area contributed by atoms with Gasteiger partial charge in [0, 0.05) is 57.8 Å². The highest BCUT2D eigenvalue weighted by atomic mass is 16.6. The predicted molar refractivity (Wildman–Crippen MR) is 152 cm³/mol. The number of nitrogens with two attached hydrogens (primary N) is 1. The first-order valence-corrected chi connectivity index (χ1v) is 13.7. The number of amides is 4. The Morgan fingerprint density at radius 2 is 1.10 bits per heavy atom. The van der Waals surface area contributed by atoms with Crippen molar-refractivity contribution >= 4 is 24.0 Å². The van der Waals surface area contributed by atoms with E-state index in [4.69, 9.17) is 15.2 Å². The number of hydrogen-bond acceptors (Lipinski definition) is 8. The van der Waals surface area contributed by atoms with Gasteiger partial charge in [0.2, 0.25) is 11.8 Å². The zero-order valence-corrected chi connectivity index (χ0v) is 24.9. The number of hydrogen-bond donors (Lipinski definition) is 5. The van der Waals surface area contributed by atoms with E-state index >= 15 is 0 Å². The Labute approximate surface area is 234 Å². The lowest BCUT2D eigenvalue weighted by atomic mass is 10.2. The van der Waals surface area contributed by atoms with Gasteiger partial charge in [0.1, 0.15) is 11.2 Å². The van der Waals surface area contributed by atoms with Crippen molar-refractivity contribution in [2.75, 3.05) is 45.8 Å². The third kappa shape index (κ3) is 22.7. The van der Waals surface area contributed by atoms with E-state index in [1.54, 1.807) is 41.5 Å². The summed E-state index contributed by atoms with van der Waals surface area (Å²) in [5, 5.41) is 10.9. The molecule has 0 spiro atoms. The number of nitrogens with zero attached hydrogens (tertiary/aromatic N) is 1. The minimum absolute atomic E-state index is 0.132. The molecule has 0 fully saturated rings. The molecule has 0 bridgehead atoms. The number of ether oxygens (including phenoxy) is 2. The van der Waals surface area contributed by atoms with E-state index < -0.39 is 23.4 Å². The van der Waals surface area contributed by atoms with Gasteiger partial charge in [-0.25, -0.2) is 9.59 Å². The van der Waals surface area contributed by atoms with Crippen molar-refractivity contribution in [2.45, 2.75) is 91.3 Å². The molecule has 0 aromatic rings. The van der Waals surface area contributed by atoms with Crippen LogP contribution in [0, 0.1) is 0 Å². The van der Waals surface area contributed by atoms with Gasteiger partial charge in [-0.3, -0.25) is 9.59 Å². The topological polar surface area (TPSA) is 164 Å². The molecule has 12 nitrogen and oxygen atoms in total. The Hall–Kier alpha value is -3.02. The summed E-state index contributed by atoms with van der Waals surface area (Å²) in [7, 11) is 0. The van der Waals surface area contributed by atoms with Crippen LogP contribution in [0.4, 0.5) is 9.59 Å². The van der Waals surface area contributed by atoms with Gasteiger partial charge in [-0.1, -0.05) is 6.58 Å². The van der Waals surface area contributed by atoms with E-state index in [0.717, 1.165) is 38.0 Å². The van der Waals surface area contributed by atoms with Crippen LogP contribution in [0.5, 0.6) is 0 Å². The summed E-state index contributed by atoms with van der Waals surface area (Å²) in [6.07, 6.45) is 2.33. The largest absolute Gasteiger partial charge is 0.444 e. The summed E-state index contributed by atoms with van der Waals surface area (Å²) in [6, 6.07) is 0. The Morgan fingerprint density at radius 1 is 0.667 bits per heavy atom. The van der Waals surface area contributed by atoms with Gasteiger partial charge in [0.25, 0.3) is 0 Å². The normalized spacial score (nSPS) is 11.3. The molecule has 0 rings (SSSR count). The molecule has 0 aliphatic rings. The number of carbonyl (C=O) groups excluding carboxylic acids is 4. The molecule has 0 atom stereocenters. The number of nitrogens with one attached hydrogen (secondary N) is 4. The summed E-state index contributed by atoms with van der Waals surface area (Å²) in [5.41, 5.74) is 5.48. The fourth-order valence-corrected chi connectivity index (χ4v) is 3.27. The SMILES string of the molecule is C=C(CCN)N(CCCCNC(=O)CCNC(=O)OC(C)(C)C)CCCNC(=O)CCNC(=O)OC(C)(C)C. The van der Waals surface area contributed by atoms with Crippen LogP contribution in [-0.2, 0) is 19.1 Å². The average molecular weight is 557 g/mol. The van der Waals surface area contributed by atoms with Gasteiger partial charge in [-0.05, 0) is 73.8 Å². The van der Waals surface area contributed by atoms with Crippen LogP contribution in [0.25, 0.3) is 0 Å². The molecular formula is C27H52N6O6. The van der Waals surface area contributed by atoms with E-state index in [2.05, 4.69) is 32.7 Å². The van der Waals surface area contributed by atoms with Crippen LogP contribution in [0.15, 0.2) is 12.3 Å². The Balaban J connectivity index is 4.14. The maximum absolute atomic E-state index is 12.0. The average Bonchev–Trinajstić information content (AvgIpc) is 2.77. The molecule has 0 heterocycles. The van der Waals surface area contributed by atoms with Crippen molar-refractivity contribution < 1.29 is 28.7 Å². The fraction of sp³-hybridized carbons (Fsp3) is 0.778. The molecule has 0 aromatic carbocycles. The van der Waals surface area contributed by atoms with Crippen molar-refractivity contribution in [1.82, 2.24) is 26.2 Å². The van der Waals surface area contributed by atoms with Crippen LogP contribution in [0.2, 0.25) is 0 Å². The third-order valence-corrected chi connectivity index (χ3v) is 5.02. The molecule has 0 aromatic heterocycles. The second-order valence-corrected chi connectivity index (χ2v) is 11.2. The lowest BCUT2D eigenvalue weighted by molar-refractivity contribution is -0.121. The van der Waals surface area contributed by atoms with Crippen LogP contribution in [0.1, 0.15) is 80.1 Å². The second-order valence-electron chi connectivity index (χ2n) is 11.2. The van der Waals surface area contributed by atoms with Crippen LogP contribution in [0.3, 0.4) is 0 Å². The second kappa shape index (κ2) is 19.1. The minimum Gasteiger partial charge on any atom is -0.444 e. The lowest BCUT2D eigenvalue weighted by Gasteiger charge is -2.27. The molecule has 4 amide bonds. The van der Waals surface area contributed by atoms with Gasteiger partial charge in [-0.2, -0.15) is 0 Å². The molecular weight excluding hydrogens is 504 g/mol. The van der Waals surface area contributed by atoms with Crippen molar-refractivity contribution in [3.8, 4) is 0 Å². The number of carbonyl (C=O) groups is 4. The van der Waals surface area contributed by atoms with Crippen LogP contribution in [-0.4, -0.2) is 85.9 Å². The molecule has 39 heavy (non-hydrogen) atoms. The van der Waals surface area contributed by atoms with E-state index in [-0.39, 0.29) is 37.7 Å². The highest BCUT2D eigenvalue weighted by molar-refractivity contribution is 5.77. The van der Waals surface area contributed by atoms with Crippen molar-refractivity contribution in [1.29, 1.82) is 0 Å². The number of unbranched alkanes of at least 4 members (excludes halogenated alkanes) is 1.